The van der Waals surface area contributed by atoms with Gasteiger partial charge < -0.3 is 10.2 Å². The Balaban J connectivity index is 1.38. The van der Waals surface area contributed by atoms with Crippen LogP contribution in [-0.4, -0.2) is 40.7 Å². The van der Waals surface area contributed by atoms with Crippen molar-refractivity contribution in [2.24, 2.45) is 5.92 Å². The summed E-state index contributed by atoms with van der Waals surface area (Å²) < 4.78 is 0. The SMILES string of the molecule is CC(C)CC(=O)N1Cc2ccccc2CC1C(=O)NCc1ccc(CN2CCCCC2)cc1. The van der Waals surface area contributed by atoms with Crippen molar-refractivity contribution in [2.75, 3.05) is 13.1 Å². The standard InChI is InChI=1S/C28H37N3O2/c1-21(2)16-27(32)31-20-25-9-5-4-8-24(25)17-26(31)28(33)29-18-22-10-12-23(13-11-22)19-30-14-6-3-7-15-30/h4-5,8-13,21,26H,3,6-7,14-20H2,1-2H3,(H,29,33). The highest BCUT2D eigenvalue weighted by atomic mass is 16.2. The Morgan fingerprint density at radius 3 is 2.30 bits per heavy atom. The maximum Gasteiger partial charge on any atom is 0.243 e. The van der Waals surface area contributed by atoms with Gasteiger partial charge in [0.1, 0.15) is 6.04 Å². The Labute approximate surface area is 198 Å². The number of fused-ring (bicyclic) bond motifs is 1. The molecule has 0 aromatic heterocycles. The van der Waals surface area contributed by atoms with Crippen molar-refractivity contribution in [1.29, 1.82) is 0 Å². The van der Waals surface area contributed by atoms with Crippen molar-refractivity contribution in [1.82, 2.24) is 15.1 Å². The number of carbonyl (C=O) groups is 2. The van der Waals surface area contributed by atoms with Crippen LogP contribution >= 0.6 is 0 Å². The Hall–Kier alpha value is -2.66. The van der Waals surface area contributed by atoms with Crippen LogP contribution in [-0.2, 0) is 35.6 Å². The predicted octanol–water partition coefficient (Wildman–Crippen LogP) is 4.29. The quantitative estimate of drug-likeness (QED) is 0.689. The monoisotopic (exact) mass is 447 g/mol. The van der Waals surface area contributed by atoms with Crippen LogP contribution in [0.5, 0.6) is 0 Å². The van der Waals surface area contributed by atoms with Crippen molar-refractivity contribution >= 4 is 11.8 Å². The number of rotatable bonds is 7. The first kappa shape index (κ1) is 23.5. The predicted molar refractivity (Wildman–Crippen MR) is 131 cm³/mol. The molecule has 2 aromatic rings. The lowest BCUT2D eigenvalue weighted by Crippen LogP contribution is -2.52. The van der Waals surface area contributed by atoms with E-state index in [9.17, 15) is 9.59 Å². The molecule has 2 aliphatic heterocycles. The second-order valence-corrected chi connectivity index (χ2v) is 9.98. The maximum absolute atomic E-state index is 13.2. The zero-order valence-corrected chi connectivity index (χ0v) is 20.1. The minimum Gasteiger partial charge on any atom is -0.350 e. The van der Waals surface area contributed by atoms with Gasteiger partial charge in [0, 0.05) is 32.5 Å². The molecule has 1 atom stereocenters. The number of benzene rings is 2. The fourth-order valence-corrected chi connectivity index (χ4v) is 4.93. The van der Waals surface area contributed by atoms with E-state index < -0.39 is 6.04 Å². The van der Waals surface area contributed by atoms with E-state index in [1.807, 2.05) is 26.0 Å². The number of nitrogens with one attached hydrogen (secondary N) is 1. The average Bonchev–Trinajstić information content (AvgIpc) is 2.83. The molecule has 0 radical (unpaired) electrons. The van der Waals surface area contributed by atoms with Crippen molar-refractivity contribution < 1.29 is 9.59 Å². The van der Waals surface area contributed by atoms with E-state index in [1.165, 1.54) is 37.9 Å². The summed E-state index contributed by atoms with van der Waals surface area (Å²) in [6, 6.07) is 16.2. The molecule has 1 N–H and O–H groups in total. The lowest BCUT2D eigenvalue weighted by Gasteiger charge is -2.36. The van der Waals surface area contributed by atoms with E-state index in [4.69, 9.17) is 0 Å². The van der Waals surface area contributed by atoms with Gasteiger partial charge >= 0.3 is 0 Å². The van der Waals surface area contributed by atoms with Crippen LogP contribution < -0.4 is 5.32 Å². The van der Waals surface area contributed by atoms with E-state index in [-0.39, 0.29) is 17.7 Å². The molecular weight excluding hydrogens is 410 g/mol. The molecule has 1 saturated heterocycles. The highest BCUT2D eigenvalue weighted by Crippen LogP contribution is 2.25. The van der Waals surface area contributed by atoms with Gasteiger partial charge in [-0.3, -0.25) is 14.5 Å². The first-order chi connectivity index (χ1) is 16.0. The van der Waals surface area contributed by atoms with E-state index in [2.05, 4.69) is 46.6 Å². The van der Waals surface area contributed by atoms with E-state index in [0.717, 1.165) is 23.2 Å². The molecule has 2 aromatic carbocycles. The van der Waals surface area contributed by atoms with Crippen molar-refractivity contribution in [3.8, 4) is 0 Å². The van der Waals surface area contributed by atoms with Crippen molar-refractivity contribution in [3.63, 3.8) is 0 Å². The number of hydrogen-bond acceptors (Lipinski definition) is 3. The van der Waals surface area contributed by atoms with Gasteiger partial charge in [0.05, 0.1) is 0 Å². The number of hydrogen-bond donors (Lipinski definition) is 1. The first-order valence-corrected chi connectivity index (χ1v) is 12.4. The third kappa shape index (κ3) is 6.23. The van der Waals surface area contributed by atoms with Crippen LogP contribution in [0.15, 0.2) is 48.5 Å². The molecule has 1 fully saturated rings. The van der Waals surface area contributed by atoms with Crippen LogP contribution in [0.1, 0.15) is 61.8 Å². The second kappa shape index (κ2) is 11.0. The molecule has 2 aliphatic rings. The number of piperidine rings is 1. The molecule has 0 saturated carbocycles. The molecule has 1 unspecified atom stereocenters. The molecular formula is C28H37N3O2. The minimum absolute atomic E-state index is 0.0571. The Morgan fingerprint density at radius 1 is 0.939 bits per heavy atom. The van der Waals surface area contributed by atoms with Gasteiger partial charge in [0.15, 0.2) is 0 Å². The largest absolute Gasteiger partial charge is 0.350 e. The molecule has 33 heavy (non-hydrogen) atoms. The lowest BCUT2D eigenvalue weighted by molar-refractivity contribution is -0.142. The Kier molecular flexibility index (Phi) is 7.81. The lowest BCUT2D eigenvalue weighted by atomic mass is 9.92. The molecule has 4 rings (SSSR count). The van der Waals surface area contributed by atoms with Crippen molar-refractivity contribution in [2.45, 2.75) is 71.6 Å². The number of nitrogens with zero attached hydrogens (tertiary/aromatic N) is 2. The highest BCUT2D eigenvalue weighted by molar-refractivity contribution is 5.88. The third-order valence-corrected chi connectivity index (χ3v) is 6.80. The normalized spacial score (nSPS) is 18.8. The molecule has 176 valence electrons. The smallest absolute Gasteiger partial charge is 0.243 e. The van der Waals surface area contributed by atoms with E-state index in [1.54, 1.807) is 4.90 Å². The summed E-state index contributed by atoms with van der Waals surface area (Å²) >= 11 is 0. The molecule has 0 spiro atoms. The van der Waals surface area contributed by atoms with Crippen LogP contribution in [0, 0.1) is 5.92 Å². The average molecular weight is 448 g/mol. The fourth-order valence-electron chi connectivity index (χ4n) is 4.93. The molecule has 2 heterocycles. The number of carbonyl (C=O) groups excluding carboxylic acids is 2. The minimum atomic E-state index is -0.454. The Bertz CT molecular complexity index is 948. The van der Waals surface area contributed by atoms with Gasteiger partial charge in [0.2, 0.25) is 11.8 Å². The fraction of sp³-hybridized carbons (Fsp3) is 0.500. The van der Waals surface area contributed by atoms with E-state index >= 15 is 0 Å². The van der Waals surface area contributed by atoms with Gasteiger partial charge in [-0.2, -0.15) is 0 Å². The van der Waals surface area contributed by atoms with E-state index in [0.29, 0.717) is 25.9 Å². The summed E-state index contributed by atoms with van der Waals surface area (Å²) in [5.41, 5.74) is 4.71. The third-order valence-electron chi connectivity index (χ3n) is 6.80. The summed E-state index contributed by atoms with van der Waals surface area (Å²) in [5.74, 6) is 0.252. The van der Waals surface area contributed by atoms with Gasteiger partial charge in [0.25, 0.3) is 0 Å². The molecule has 5 nitrogen and oxygen atoms in total. The number of likely N-dealkylation sites (tertiary alicyclic amines) is 1. The molecule has 0 bridgehead atoms. The highest BCUT2D eigenvalue weighted by Gasteiger charge is 2.34. The Morgan fingerprint density at radius 2 is 1.61 bits per heavy atom. The van der Waals surface area contributed by atoms with Crippen LogP contribution in [0.3, 0.4) is 0 Å². The van der Waals surface area contributed by atoms with Gasteiger partial charge in [-0.15, -0.1) is 0 Å². The molecule has 5 heteroatoms. The van der Waals surface area contributed by atoms with Gasteiger partial charge in [-0.1, -0.05) is 68.8 Å². The van der Waals surface area contributed by atoms with Crippen LogP contribution in [0.25, 0.3) is 0 Å². The first-order valence-electron chi connectivity index (χ1n) is 12.4. The summed E-state index contributed by atoms with van der Waals surface area (Å²) in [6.45, 7) is 8.45. The zero-order chi connectivity index (χ0) is 23.2. The van der Waals surface area contributed by atoms with Gasteiger partial charge in [-0.25, -0.2) is 0 Å². The second-order valence-electron chi connectivity index (χ2n) is 9.98. The van der Waals surface area contributed by atoms with Crippen molar-refractivity contribution in [3.05, 3.63) is 70.8 Å². The summed E-state index contributed by atoms with van der Waals surface area (Å²) in [6.07, 6.45) is 4.98. The molecule has 2 amide bonds. The van der Waals surface area contributed by atoms with Crippen LogP contribution in [0.2, 0.25) is 0 Å². The number of amides is 2. The topological polar surface area (TPSA) is 52.7 Å². The summed E-state index contributed by atoms with van der Waals surface area (Å²) in [7, 11) is 0. The summed E-state index contributed by atoms with van der Waals surface area (Å²) in [4.78, 5) is 30.4. The van der Waals surface area contributed by atoms with Gasteiger partial charge in [-0.05, 0) is 54.1 Å². The molecule has 0 aliphatic carbocycles. The zero-order valence-electron chi connectivity index (χ0n) is 20.1. The van der Waals surface area contributed by atoms with Crippen LogP contribution in [0.4, 0.5) is 0 Å². The summed E-state index contributed by atoms with van der Waals surface area (Å²) in [5, 5.41) is 3.10. The maximum atomic E-state index is 13.2.